The van der Waals surface area contributed by atoms with Crippen LogP contribution < -0.4 is 4.74 Å². The van der Waals surface area contributed by atoms with E-state index in [4.69, 9.17) is 16.3 Å². The van der Waals surface area contributed by atoms with Crippen LogP contribution in [0.4, 0.5) is 5.69 Å². The number of benzene rings is 1. The van der Waals surface area contributed by atoms with Gasteiger partial charge in [-0.05, 0) is 36.5 Å². The summed E-state index contributed by atoms with van der Waals surface area (Å²) in [6.45, 7) is 8.28. The van der Waals surface area contributed by atoms with Gasteiger partial charge in [-0.1, -0.05) is 32.4 Å². The van der Waals surface area contributed by atoms with Crippen molar-refractivity contribution in [1.82, 2.24) is 9.27 Å². The number of aliphatic imine (C=N–C) groups is 1. The molecule has 0 aliphatic rings. The normalized spacial score (nSPS) is 11.6. The lowest BCUT2D eigenvalue weighted by molar-refractivity contribution is 0.406. The van der Waals surface area contributed by atoms with Crippen LogP contribution >= 0.6 is 23.1 Å². The van der Waals surface area contributed by atoms with Crippen LogP contribution in [0.1, 0.15) is 37.6 Å². The molecule has 0 bridgehead atoms. The number of ether oxygens (including phenoxy) is 1. The lowest BCUT2D eigenvalue weighted by atomic mass is 9.89. The first-order valence-corrected chi connectivity index (χ1v) is 9.33. The highest BCUT2D eigenvalue weighted by molar-refractivity contribution is 7.08. The SMILES string of the molecule is Cc1cc(Oc2snc(CC(C)(C)C)c2C#N)c(Cl)cc1/N=C\N(C)C. The van der Waals surface area contributed by atoms with E-state index in [-0.39, 0.29) is 5.41 Å². The summed E-state index contributed by atoms with van der Waals surface area (Å²) < 4.78 is 10.3. The molecule has 2 aromatic rings. The zero-order valence-corrected chi connectivity index (χ0v) is 17.5. The Hall–Kier alpha value is -2.10. The largest absolute Gasteiger partial charge is 0.442 e. The zero-order chi connectivity index (χ0) is 19.5. The first-order valence-electron chi connectivity index (χ1n) is 8.18. The third kappa shape index (κ3) is 5.20. The fourth-order valence-electron chi connectivity index (χ4n) is 2.25. The van der Waals surface area contributed by atoms with Crippen molar-refractivity contribution in [3.8, 4) is 16.9 Å². The Morgan fingerprint density at radius 1 is 1.38 bits per heavy atom. The number of nitriles is 1. The first kappa shape index (κ1) is 20.2. The minimum Gasteiger partial charge on any atom is -0.442 e. The van der Waals surface area contributed by atoms with Crippen molar-refractivity contribution in [3.05, 3.63) is 34.0 Å². The van der Waals surface area contributed by atoms with Crippen LogP contribution in [0.5, 0.6) is 10.8 Å². The fourth-order valence-corrected chi connectivity index (χ4v) is 3.18. The highest BCUT2D eigenvalue weighted by atomic mass is 35.5. The van der Waals surface area contributed by atoms with Gasteiger partial charge in [0.05, 0.1) is 22.7 Å². The van der Waals surface area contributed by atoms with Gasteiger partial charge in [0, 0.05) is 25.6 Å². The number of hydrogen-bond acceptors (Lipinski definition) is 5. The molecule has 0 saturated carbocycles. The van der Waals surface area contributed by atoms with Crippen molar-refractivity contribution in [1.29, 1.82) is 5.26 Å². The van der Waals surface area contributed by atoms with Crippen molar-refractivity contribution in [2.75, 3.05) is 14.1 Å². The number of aryl methyl sites for hydroxylation is 1. The molecule has 1 aromatic heterocycles. The Morgan fingerprint density at radius 2 is 2.08 bits per heavy atom. The average Bonchev–Trinajstić information content (AvgIpc) is 2.88. The molecule has 0 radical (unpaired) electrons. The second kappa shape index (κ2) is 8.07. The minimum absolute atomic E-state index is 0.0390. The van der Waals surface area contributed by atoms with E-state index in [1.54, 1.807) is 12.4 Å². The summed E-state index contributed by atoms with van der Waals surface area (Å²) in [5.74, 6) is 0.496. The molecule has 1 heterocycles. The molecule has 0 aliphatic heterocycles. The first-order chi connectivity index (χ1) is 12.1. The maximum Gasteiger partial charge on any atom is 0.218 e. The molecule has 138 valence electrons. The maximum absolute atomic E-state index is 9.53. The monoisotopic (exact) mass is 390 g/mol. The Kier molecular flexibility index (Phi) is 6.27. The topological polar surface area (TPSA) is 61.5 Å². The summed E-state index contributed by atoms with van der Waals surface area (Å²) in [5.41, 5.74) is 2.99. The van der Waals surface area contributed by atoms with Gasteiger partial charge in [-0.3, -0.25) is 0 Å². The summed E-state index contributed by atoms with van der Waals surface area (Å²) in [6, 6.07) is 5.80. The van der Waals surface area contributed by atoms with Crippen molar-refractivity contribution >= 4 is 35.2 Å². The summed E-state index contributed by atoms with van der Waals surface area (Å²) in [4.78, 5) is 6.24. The van der Waals surface area contributed by atoms with E-state index in [2.05, 4.69) is 36.2 Å². The summed E-state index contributed by atoms with van der Waals surface area (Å²) in [6.07, 6.45) is 2.43. The van der Waals surface area contributed by atoms with Crippen LogP contribution in [0.3, 0.4) is 0 Å². The van der Waals surface area contributed by atoms with Gasteiger partial charge in [0.25, 0.3) is 0 Å². The third-order valence-corrected chi connectivity index (χ3v) is 4.48. The van der Waals surface area contributed by atoms with Crippen molar-refractivity contribution in [2.24, 2.45) is 10.4 Å². The van der Waals surface area contributed by atoms with Gasteiger partial charge in [0.1, 0.15) is 17.4 Å². The van der Waals surface area contributed by atoms with E-state index in [1.807, 2.05) is 32.0 Å². The second-order valence-electron chi connectivity index (χ2n) is 7.52. The van der Waals surface area contributed by atoms with E-state index < -0.39 is 0 Å². The quantitative estimate of drug-likeness (QED) is 0.494. The summed E-state index contributed by atoms with van der Waals surface area (Å²) in [7, 11) is 3.81. The smallest absolute Gasteiger partial charge is 0.218 e. The van der Waals surface area contributed by atoms with E-state index in [9.17, 15) is 5.26 Å². The molecule has 2 rings (SSSR count). The second-order valence-corrected chi connectivity index (χ2v) is 8.66. The number of halogens is 1. The molecular formula is C19H23ClN4OS. The van der Waals surface area contributed by atoms with E-state index in [0.29, 0.717) is 27.8 Å². The molecule has 0 saturated heterocycles. The molecule has 5 nitrogen and oxygen atoms in total. The van der Waals surface area contributed by atoms with Gasteiger partial charge in [-0.2, -0.15) is 9.64 Å². The van der Waals surface area contributed by atoms with Gasteiger partial charge in [0.2, 0.25) is 5.06 Å². The summed E-state index contributed by atoms with van der Waals surface area (Å²) in [5, 5.41) is 10.4. The van der Waals surface area contributed by atoms with E-state index >= 15 is 0 Å². The Balaban J connectivity index is 2.32. The van der Waals surface area contributed by atoms with Crippen molar-refractivity contribution < 1.29 is 4.74 Å². The van der Waals surface area contributed by atoms with Gasteiger partial charge in [-0.25, -0.2) is 4.99 Å². The number of hydrogen-bond donors (Lipinski definition) is 0. The van der Waals surface area contributed by atoms with E-state index in [0.717, 1.165) is 16.9 Å². The third-order valence-electron chi connectivity index (χ3n) is 3.42. The van der Waals surface area contributed by atoms with Gasteiger partial charge < -0.3 is 9.64 Å². The van der Waals surface area contributed by atoms with Crippen LogP contribution in [0.15, 0.2) is 17.1 Å². The highest BCUT2D eigenvalue weighted by Gasteiger charge is 2.22. The fraction of sp³-hybridized carbons (Fsp3) is 0.421. The number of nitrogens with zero attached hydrogens (tertiary/aromatic N) is 4. The molecule has 0 spiro atoms. The molecule has 7 heteroatoms. The summed E-state index contributed by atoms with van der Waals surface area (Å²) >= 11 is 7.54. The van der Waals surface area contributed by atoms with Crippen LogP contribution in [0.2, 0.25) is 5.02 Å². The van der Waals surface area contributed by atoms with E-state index in [1.165, 1.54) is 11.5 Å². The Morgan fingerprint density at radius 3 is 2.65 bits per heavy atom. The molecule has 1 aromatic carbocycles. The standard InChI is InChI=1S/C19H23ClN4OS/c1-12-7-17(14(20)8-15(12)22-11-24(5)6)25-18-13(10-21)16(23-26-18)9-19(2,3)4/h7-8,11H,9H2,1-6H3/b22-11-. The molecule has 0 atom stereocenters. The predicted octanol–water partition coefficient (Wildman–Crippen LogP) is 5.58. The lowest BCUT2D eigenvalue weighted by Gasteiger charge is -2.16. The van der Waals surface area contributed by atoms with Crippen molar-refractivity contribution in [3.63, 3.8) is 0 Å². The number of aromatic nitrogens is 1. The van der Waals surface area contributed by atoms with Gasteiger partial charge in [-0.15, -0.1) is 0 Å². The van der Waals surface area contributed by atoms with Crippen LogP contribution in [-0.2, 0) is 6.42 Å². The van der Waals surface area contributed by atoms with Gasteiger partial charge in [0.15, 0.2) is 0 Å². The van der Waals surface area contributed by atoms with Crippen LogP contribution in [-0.4, -0.2) is 29.7 Å². The van der Waals surface area contributed by atoms with Crippen LogP contribution in [0, 0.1) is 23.7 Å². The molecule has 26 heavy (non-hydrogen) atoms. The van der Waals surface area contributed by atoms with Crippen molar-refractivity contribution in [2.45, 2.75) is 34.1 Å². The molecule has 0 aliphatic carbocycles. The molecular weight excluding hydrogens is 368 g/mol. The van der Waals surface area contributed by atoms with Crippen LogP contribution in [0.25, 0.3) is 0 Å². The molecule has 0 N–H and O–H groups in total. The molecule has 0 amide bonds. The highest BCUT2D eigenvalue weighted by Crippen LogP contribution is 2.39. The Bertz CT molecular complexity index is 860. The zero-order valence-electron chi connectivity index (χ0n) is 15.9. The van der Waals surface area contributed by atoms with Gasteiger partial charge >= 0.3 is 0 Å². The lowest BCUT2D eigenvalue weighted by Crippen LogP contribution is -2.10. The molecule has 0 fully saturated rings. The number of rotatable bonds is 5. The maximum atomic E-state index is 9.53. The minimum atomic E-state index is 0.0390. The molecule has 0 unspecified atom stereocenters. The average molecular weight is 391 g/mol. The Labute approximate surface area is 164 Å². The predicted molar refractivity (Wildman–Crippen MR) is 108 cm³/mol.